The molecule has 2 N–H and O–H groups in total. The number of aromatic nitrogens is 1. The van der Waals surface area contributed by atoms with Crippen LogP contribution in [0.3, 0.4) is 0 Å². The van der Waals surface area contributed by atoms with Crippen molar-refractivity contribution in [3.05, 3.63) is 65.0 Å². The maximum atomic E-state index is 12.3. The fourth-order valence-corrected chi connectivity index (χ4v) is 2.50. The van der Waals surface area contributed by atoms with Gasteiger partial charge in [0, 0.05) is 18.3 Å². The Kier molecular flexibility index (Phi) is 3.74. The van der Waals surface area contributed by atoms with Gasteiger partial charge in [0.05, 0.1) is 12.2 Å². The van der Waals surface area contributed by atoms with Crippen LogP contribution in [0.1, 0.15) is 27.2 Å². The van der Waals surface area contributed by atoms with E-state index in [1.54, 1.807) is 6.20 Å². The summed E-state index contributed by atoms with van der Waals surface area (Å²) in [5, 5.41) is 6.25. The molecular weight excluding hydrogens is 250 g/mol. The lowest BCUT2D eigenvalue weighted by molar-refractivity contribution is 0.0949. The molecule has 0 saturated carbocycles. The molecule has 1 aliphatic rings. The van der Waals surface area contributed by atoms with Crippen molar-refractivity contribution in [3.8, 4) is 0 Å². The Morgan fingerprint density at radius 1 is 1.25 bits per heavy atom. The van der Waals surface area contributed by atoms with Gasteiger partial charge in [-0.15, -0.1) is 0 Å². The molecule has 1 aromatic heterocycles. The van der Waals surface area contributed by atoms with Crippen molar-refractivity contribution in [1.82, 2.24) is 15.6 Å². The van der Waals surface area contributed by atoms with Gasteiger partial charge in [-0.05, 0) is 42.3 Å². The Morgan fingerprint density at radius 3 is 3.05 bits per heavy atom. The van der Waals surface area contributed by atoms with Crippen molar-refractivity contribution in [2.75, 3.05) is 6.54 Å². The predicted molar refractivity (Wildman–Crippen MR) is 77.3 cm³/mol. The molecule has 0 saturated heterocycles. The first-order valence-corrected chi connectivity index (χ1v) is 6.84. The number of amides is 1. The number of hydrogen-bond acceptors (Lipinski definition) is 3. The highest BCUT2D eigenvalue weighted by atomic mass is 16.1. The van der Waals surface area contributed by atoms with E-state index in [1.165, 1.54) is 5.56 Å². The van der Waals surface area contributed by atoms with Crippen molar-refractivity contribution in [2.24, 2.45) is 0 Å². The topological polar surface area (TPSA) is 54.0 Å². The summed E-state index contributed by atoms with van der Waals surface area (Å²) in [4.78, 5) is 16.5. The third kappa shape index (κ3) is 2.70. The molecule has 1 aromatic carbocycles. The zero-order valence-corrected chi connectivity index (χ0v) is 11.2. The number of hydrogen-bond donors (Lipinski definition) is 2. The molecule has 0 fully saturated rings. The number of benzene rings is 1. The van der Waals surface area contributed by atoms with Crippen molar-refractivity contribution in [3.63, 3.8) is 0 Å². The van der Waals surface area contributed by atoms with Crippen LogP contribution >= 0.6 is 0 Å². The average molecular weight is 267 g/mol. The molecule has 0 atom stereocenters. The number of carbonyl (C=O) groups is 1. The van der Waals surface area contributed by atoms with Gasteiger partial charge in [0.1, 0.15) is 0 Å². The molecule has 102 valence electrons. The van der Waals surface area contributed by atoms with Crippen LogP contribution in [0, 0.1) is 0 Å². The Hall–Kier alpha value is -2.20. The van der Waals surface area contributed by atoms with Gasteiger partial charge in [-0.3, -0.25) is 9.78 Å². The normalized spacial score (nSPS) is 13.6. The van der Waals surface area contributed by atoms with Crippen molar-refractivity contribution in [1.29, 1.82) is 0 Å². The van der Waals surface area contributed by atoms with Gasteiger partial charge >= 0.3 is 0 Å². The highest BCUT2D eigenvalue weighted by molar-refractivity contribution is 5.96. The maximum Gasteiger partial charge on any atom is 0.251 e. The number of pyridine rings is 1. The number of rotatable bonds is 3. The van der Waals surface area contributed by atoms with Gasteiger partial charge < -0.3 is 10.6 Å². The average Bonchev–Trinajstić information content (AvgIpc) is 2.53. The van der Waals surface area contributed by atoms with E-state index in [2.05, 4.69) is 21.7 Å². The molecule has 2 heterocycles. The lowest BCUT2D eigenvalue weighted by atomic mass is 9.95. The van der Waals surface area contributed by atoms with Crippen LogP contribution < -0.4 is 10.6 Å². The second-order valence-corrected chi connectivity index (χ2v) is 4.87. The molecule has 1 aliphatic heterocycles. The second-order valence-electron chi connectivity index (χ2n) is 4.87. The first kappa shape index (κ1) is 12.8. The standard InChI is InChI=1S/C16H17N3O/c20-16(19-10-13-5-1-2-8-18-13)14-6-3-4-12-7-9-17-11-15(12)14/h1-6,8,17H,7,9-11H2,(H,19,20). The van der Waals surface area contributed by atoms with E-state index in [0.717, 1.165) is 36.3 Å². The van der Waals surface area contributed by atoms with Crippen LogP contribution in [0.5, 0.6) is 0 Å². The SMILES string of the molecule is O=C(NCc1ccccn1)c1cccc2c1CNCC2. The van der Waals surface area contributed by atoms with Crippen LogP contribution in [0.25, 0.3) is 0 Å². The largest absolute Gasteiger partial charge is 0.346 e. The molecule has 4 heteroatoms. The van der Waals surface area contributed by atoms with Crippen molar-refractivity contribution >= 4 is 5.91 Å². The minimum absolute atomic E-state index is 0.0313. The van der Waals surface area contributed by atoms with Crippen LogP contribution in [0.4, 0.5) is 0 Å². The zero-order chi connectivity index (χ0) is 13.8. The van der Waals surface area contributed by atoms with E-state index < -0.39 is 0 Å². The number of carbonyl (C=O) groups excluding carboxylic acids is 1. The van der Waals surface area contributed by atoms with Crippen molar-refractivity contribution < 1.29 is 4.79 Å². The molecule has 0 aliphatic carbocycles. The van der Waals surface area contributed by atoms with E-state index >= 15 is 0 Å². The number of nitrogens with zero attached hydrogens (tertiary/aromatic N) is 1. The molecule has 2 aromatic rings. The third-order valence-electron chi connectivity index (χ3n) is 3.55. The van der Waals surface area contributed by atoms with E-state index in [0.29, 0.717) is 6.54 Å². The first-order valence-electron chi connectivity index (χ1n) is 6.84. The molecule has 1 amide bonds. The third-order valence-corrected chi connectivity index (χ3v) is 3.55. The summed E-state index contributed by atoms with van der Waals surface area (Å²) >= 11 is 0. The van der Waals surface area contributed by atoms with Gasteiger partial charge in [0.15, 0.2) is 0 Å². The van der Waals surface area contributed by atoms with Gasteiger partial charge in [-0.25, -0.2) is 0 Å². The Morgan fingerprint density at radius 2 is 2.20 bits per heavy atom. The monoisotopic (exact) mass is 267 g/mol. The summed E-state index contributed by atoms with van der Waals surface area (Å²) in [7, 11) is 0. The molecule has 0 unspecified atom stereocenters. The molecule has 0 radical (unpaired) electrons. The lowest BCUT2D eigenvalue weighted by Gasteiger charge is -2.19. The predicted octanol–water partition coefficient (Wildman–Crippen LogP) is 1.66. The summed E-state index contributed by atoms with van der Waals surface area (Å²) in [5.74, 6) is -0.0313. The molecule has 3 rings (SSSR count). The van der Waals surface area contributed by atoms with E-state index in [1.807, 2.05) is 30.3 Å². The molecule has 0 bridgehead atoms. The molecule has 20 heavy (non-hydrogen) atoms. The van der Waals surface area contributed by atoms with Gasteiger partial charge in [0.2, 0.25) is 0 Å². The van der Waals surface area contributed by atoms with E-state index in [-0.39, 0.29) is 5.91 Å². The summed E-state index contributed by atoms with van der Waals surface area (Å²) in [6, 6.07) is 11.6. The van der Waals surface area contributed by atoms with Crippen LogP contribution in [-0.2, 0) is 19.5 Å². The van der Waals surface area contributed by atoms with Crippen LogP contribution in [0.15, 0.2) is 42.6 Å². The Balaban J connectivity index is 1.74. The zero-order valence-electron chi connectivity index (χ0n) is 11.2. The number of nitrogens with one attached hydrogen (secondary N) is 2. The summed E-state index contributed by atoms with van der Waals surface area (Å²) in [6.45, 7) is 2.20. The van der Waals surface area contributed by atoms with E-state index in [4.69, 9.17) is 0 Å². The smallest absolute Gasteiger partial charge is 0.251 e. The summed E-state index contributed by atoms with van der Waals surface area (Å²) in [6.07, 6.45) is 2.71. The van der Waals surface area contributed by atoms with Crippen LogP contribution in [-0.4, -0.2) is 17.4 Å². The van der Waals surface area contributed by atoms with Gasteiger partial charge in [-0.2, -0.15) is 0 Å². The highest BCUT2D eigenvalue weighted by Crippen LogP contribution is 2.18. The Labute approximate surface area is 118 Å². The first-order chi connectivity index (χ1) is 9.84. The van der Waals surface area contributed by atoms with Gasteiger partial charge in [0.25, 0.3) is 5.91 Å². The lowest BCUT2D eigenvalue weighted by Crippen LogP contribution is -2.29. The fourth-order valence-electron chi connectivity index (χ4n) is 2.50. The maximum absolute atomic E-state index is 12.3. The molecule has 0 spiro atoms. The second kappa shape index (κ2) is 5.84. The van der Waals surface area contributed by atoms with Gasteiger partial charge in [-0.1, -0.05) is 18.2 Å². The minimum atomic E-state index is -0.0313. The molecule has 4 nitrogen and oxygen atoms in total. The highest BCUT2D eigenvalue weighted by Gasteiger charge is 2.16. The summed E-state index contributed by atoms with van der Waals surface area (Å²) < 4.78 is 0. The quantitative estimate of drug-likeness (QED) is 0.889. The number of fused-ring (bicyclic) bond motifs is 1. The van der Waals surface area contributed by atoms with Crippen LogP contribution in [0.2, 0.25) is 0 Å². The van der Waals surface area contributed by atoms with Crippen molar-refractivity contribution in [2.45, 2.75) is 19.5 Å². The Bertz CT molecular complexity index is 610. The summed E-state index contributed by atoms with van der Waals surface area (Å²) in [5.41, 5.74) is 4.03. The minimum Gasteiger partial charge on any atom is -0.346 e. The fraction of sp³-hybridized carbons (Fsp3) is 0.250. The van der Waals surface area contributed by atoms with E-state index in [9.17, 15) is 4.79 Å². The molecular formula is C16H17N3O.